The summed E-state index contributed by atoms with van der Waals surface area (Å²) < 4.78 is 5.29. The number of nitrogens with two attached hydrogens (primary N) is 1. The third-order valence-electron chi connectivity index (χ3n) is 3.77. The van der Waals surface area contributed by atoms with E-state index in [-0.39, 0.29) is 0 Å². The van der Waals surface area contributed by atoms with E-state index in [1.165, 1.54) is 43.5 Å². The quantitative estimate of drug-likeness (QED) is 0.869. The summed E-state index contributed by atoms with van der Waals surface area (Å²) in [7, 11) is 1.75. The van der Waals surface area contributed by atoms with Crippen LogP contribution in [0.25, 0.3) is 0 Å². The Morgan fingerprint density at radius 3 is 2.61 bits per heavy atom. The van der Waals surface area contributed by atoms with Crippen LogP contribution in [0.1, 0.15) is 36.4 Å². The van der Waals surface area contributed by atoms with Gasteiger partial charge in [0.2, 0.25) is 0 Å². The van der Waals surface area contributed by atoms with Crippen LogP contribution in [0, 0.1) is 0 Å². The van der Waals surface area contributed by atoms with Gasteiger partial charge in [-0.2, -0.15) is 0 Å². The van der Waals surface area contributed by atoms with Gasteiger partial charge in [-0.25, -0.2) is 0 Å². The van der Waals surface area contributed by atoms with Crippen molar-refractivity contribution in [3.05, 3.63) is 35.4 Å². The third kappa shape index (κ3) is 3.10. The minimum Gasteiger partial charge on any atom is -0.380 e. The standard InChI is InChI=1S/C15H24N2O/c1-18-12-13-7-3-4-8-14(13)15(11-16)17-9-5-2-6-10-17/h3-4,7-8,15H,2,5-6,9-12,16H2,1H3. The van der Waals surface area contributed by atoms with Gasteiger partial charge in [-0.05, 0) is 37.1 Å². The monoisotopic (exact) mass is 248 g/mol. The van der Waals surface area contributed by atoms with Gasteiger partial charge in [0.15, 0.2) is 0 Å². The van der Waals surface area contributed by atoms with Crippen molar-refractivity contribution in [2.24, 2.45) is 5.73 Å². The van der Waals surface area contributed by atoms with Crippen LogP contribution in [0.4, 0.5) is 0 Å². The molecular weight excluding hydrogens is 224 g/mol. The summed E-state index contributed by atoms with van der Waals surface area (Å²) in [5.74, 6) is 0. The number of ether oxygens (including phenoxy) is 1. The number of benzene rings is 1. The Balaban J connectivity index is 2.20. The molecule has 0 bridgehead atoms. The van der Waals surface area contributed by atoms with Crippen molar-refractivity contribution >= 4 is 0 Å². The lowest BCUT2D eigenvalue weighted by Crippen LogP contribution is -2.38. The fourth-order valence-corrected chi connectivity index (χ4v) is 2.85. The summed E-state index contributed by atoms with van der Waals surface area (Å²) in [6.07, 6.45) is 3.94. The smallest absolute Gasteiger partial charge is 0.0716 e. The Kier molecular flexibility index (Phi) is 5.17. The molecule has 1 aliphatic rings. The van der Waals surface area contributed by atoms with Crippen LogP contribution >= 0.6 is 0 Å². The summed E-state index contributed by atoms with van der Waals surface area (Å²) in [6.45, 7) is 3.69. The highest BCUT2D eigenvalue weighted by Gasteiger charge is 2.22. The number of nitrogens with zero attached hydrogens (tertiary/aromatic N) is 1. The van der Waals surface area contributed by atoms with Gasteiger partial charge in [0.25, 0.3) is 0 Å². The predicted octanol–water partition coefficient (Wildman–Crippen LogP) is 2.32. The predicted molar refractivity (Wildman–Crippen MR) is 74.4 cm³/mol. The first-order chi connectivity index (χ1) is 8.86. The second kappa shape index (κ2) is 6.88. The Hall–Kier alpha value is -0.900. The maximum Gasteiger partial charge on any atom is 0.0716 e. The van der Waals surface area contributed by atoms with Crippen molar-refractivity contribution in [1.82, 2.24) is 4.90 Å². The molecule has 0 saturated carbocycles. The molecule has 0 aliphatic carbocycles. The second-order valence-electron chi connectivity index (χ2n) is 4.98. The Morgan fingerprint density at radius 2 is 1.94 bits per heavy atom. The zero-order valence-corrected chi connectivity index (χ0v) is 11.3. The number of methoxy groups -OCH3 is 1. The van der Waals surface area contributed by atoms with Crippen LogP contribution in [-0.4, -0.2) is 31.6 Å². The normalized spacial score (nSPS) is 18.8. The summed E-state index contributed by atoms with van der Waals surface area (Å²) in [6, 6.07) is 8.85. The van der Waals surface area contributed by atoms with Crippen LogP contribution in [-0.2, 0) is 11.3 Å². The van der Waals surface area contributed by atoms with Gasteiger partial charge >= 0.3 is 0 Å². The topological polar surface area (TPSA) is 38.5 Å². The molecule has 1 heterocycles. The minimum atomic E-state index is 0.344. The molecule has 1 fully saturated rings. The highest BCUT2D eigenvalue weighted by Crippen LogP contribution is 2.26. The number of likely N-dealkylation sites (tertiary alicyclic amines) is 1. The molecule has 100 valence electrons. The molecular formula is C15H24N2O. The van der Waals surface area contributed by atoms with Crippen molar-refractivity contribution in [3.63, 3.8) is 0 Å². The highest BCUT2D eigenvalue weighted by molar-refractivity contribution is 5.30. The van der Waals surface area contributed by atoms with Gasteiger partial charge in [0.1, 0.15) is 0 Å². The molecule has 3 heteroatoms. The fraction of sp³-hybridized carbons (Fsp3) is 0.600. The molecule has 2 N–H and O–H groups in total. The zero-order chi connectivity index (χ0) is 12.8. The summed E-state index contributed by atoms with van der Waals surface area (Å²) >= 11 is 0. The van der Waals surface area contributed by atoms with Crippen LogP contribution in [0.3, 0.4) is 0 Å². The maximum absolute atomic E-state index is 6.02. The Morgan fingerprint density at radius 1 is 1.22 bits per heavy atom. The van der Waals surface area contributed by atoms with Gasteiger partial charge in [-0.1, -0.05) is 30.7 Å². The largest absolute Gasteiger partial charge is 0.380 e. The van der Waals surface area contributed by atoms with E-state index in [4.69, 9.17) is 10.5 Å². The number of hydrogen-bond donors (Lipinski definition) is 1. The summed E-state index contributed by atoms with van der Waals surface area (Å²) in [5, 5.41) is 0. The van der Waals surface area contributed by atoms with E-state index in [9.17, 15) is 0 Å². The van der Waals surface area contributed by atoms with Crippen molar-refractivity contribution in [2.75, 3.05) is 26.7 Å². The minimum absolute atomic E-state index is 0.344. The number of piperidine rings is 1. The van der Waals surface area contributed by atoms with Crippen LogP contribution in [0.15, 0.2) is 24.3 Å². The molecule has 1 aromatic carbocycles. The molecule has 1 aromatic rings. The van der Waals surface area contributed by atoms with Gasteiger partial charge < -0.3 is 10.5 Å². The molecule has 0 amide bonds. The number of hydrogen-bond acceptors (Lipinski definition) is 3. The fourth-order valence-electron chi connectivity index (χ4n) is 2.85. The van der Waals surface area contributed by atoms with Crippen molar-refractivity contribution < 1.29 is 4.74 Å². The zero-order valence-electron chi connectivity index (χ0n) is 11.3. The van der Waals surface area contributed by atoms with Gasteiger partial charge in [0, 0.05) is 19.7 Å². The third-order valence-corrected chi connectivity index (χ3v) is 3.77. The van der Waals surface area contributed by atoms with E-state index in [0.717, 1.165) is 0 Å². The van der Waals surface area contributed by atoms with Gasteiger partial charge in [-0.3, -0.25) is 4.90 Å². The lowest BCUT2D eigenvalue weighted by atomic mass is 9.97. The first-order valence-electron chi connectivity index (χ1n) is 6.87. The van der Waals surface area contributed by atoms with E-state index < -0.39 is 0 Å². The van der Waals surface area contributed by atoms with E-state index in [1.807, 2.05) is 0 Å². The van der Waals surface area contributed by atoms with E-state index in [2.05, 4.69) is 29.2 Å². The van der Waals surface area contributed by atoms with Crippen LogP contribution in [0.2, 0.25) is 0 Å². The first-order valence-corrected chi connectivity index (χ1v) is 6.87. The highest BCUT2D eigenvalue weighted by atomic mass is 16.5. The summed E-state index contributed by atoms with van der Waals surface area (Å²) in [4.78, 5) is 2.53. The van der Waals surface area contributed by atoms with E-state index in [0.29, 0.717) is 19.2 Å². The van der Waals surface area contributed by atoms with Gasteiger partial charge in [-0.15, -0.1) is 0 Å². The average Bonchev–Trinajstić information content (AvgIpc) is 2.43. The second-order valence-corrected chi connectivity index (χ2v) is 4.98. The van der Waals surface area contributed by atoms with Gasteiger partial charge in [0.05, 0.1) is 6.61 Å². The first kappa shape index (κ1) is 13.5. The molecule has 1 aliphatic heterocycles. The molecule has 1 saturated heterocycles. The Labute approximate surface area is 110 Å². The summed E-state index contributed by atoms with van der Waals surface area (Å²) in [5.41, 5.74) is 8.62. The molecule has 1 unspecified atom stereocenters. The van der Waals surface area contributed by atoms with Crippen molar-refractivity contribution in [1.29, 1.82) is 0 Å². The molecule has 0 spiro atoms. The molecule has 0 radical (unpaired) electrons. The van der Waals surface area contributed by atoms with Crippen LogP contribution < -0.4 is 5.73 Å². The molecule has 1 atom stereocenters. The SMILES string of the molecule is COCc1ccccc1C(CN)N1CCCCC1. The lowest BCUT2D eigenvalue weighted by molar-refractivity contribution is 0.158. The molecule has 0 aromatic heterocycles. The molecule has 2 rings (SSSR count). The van der Waals surface area contributed by atoms with Crippen molar-refractivity contribution in [2.45, 2.75) is 31.9 Å². The Bertz CT molecular complexity index is 361. The average molecular weight is 248 g/mol. The van der Waals surface area contributed by atoms with Crippen LogP contribution in [0.5, 0.6) is 0 Å². The number of rotatable bonds is 5. The molecule has 3 nitrogen and oxygen atoms in total. The van der Waals surface area contributed by atoms with Crippen molar-refractivity contribution in [3.8, 4) is 0 Å². The lowest BCUT2D eigenvalue weighted by Gasteiger charge is -2.35. The van der Waals surface area contributed by atoms with E-state index >= 15 is 0 Å². The van der Waals surface area contributed by atoms with E-state index in [1.54, 1.807) is 7.11 Å². The maximum atomic E-state index is 6.02. The molecule has 18 heavy (non-hydrogen) atoms.